The van der Waals surface area contributed by atoms with Crippen molar-refractivity contribution < 1.29 is 8.78 Å². The minimum absolute atomic E-state index is 0.0901. The summed E-state index contributed by atoms with van der Waals surface area (Å²) in [6.07, 6.45) is 1.42. The van der Waals surface area contributed by atoms with E-state index in [0.717, 1.165) is 18.2 Å². The molecular weight excluding hydrogens is 260 g/mol. The third kappa shape index (κ3) is 2.64. The van der Waals surface area contributed by atoms with Crippen LogP contribution in [0.1, 0.15) is 17.3 Å². The molecule has 0 aliphatic carbocycles. The van der Waals surface area contributed by atoms with Crippen molar-refractivity contribution in [3.05, 3.63) is 64.4 Å². The number of hydrogen-bond donors (Lipinski definition) is 2. The van der Waals surface area contributed by atoms with E-state index in [2.05, 4.69) is 10.4 Å². The van der Waals surface area contributed by atoms with Gasteiger partial charge in [0.15, 0.2) is 0 Å². The maximum atomic E-state index is 13.7. The highest BCUT2D eigenvalue weighted by atomic mass is 35.5. The number of hydrogen-bond acceptors (Lipinski definition) is 3. The van der Waals surface area contributed by atoms with Crippen LogP contribution in [-0.4, -0.2) is 4.98 Å². The van der Waals surface area contributed by atoms with Crippen molar-refractivity contribution in [1.29, 1.82) is 0 Å². The van der Waals surface area contributed by atoms with E-state index in [9.17, 15) is 8.78 Å². The summed E-state index contributed by atoms with van der Waals surface area (Å²) in [6, 6.07) is 5.63. The minimum atomic E-state index is -0.738. The molecule has 3 nitrogen and oxygen atoms in total. The molecule has 18 heavy (non-hydrogen) atoms. The Bertz CT molecular complexity index is 546. The lowest BCUT2D eigenvalue weighted by Crippen LogP contribution is -2.30. The van der Waals surface area contributed by atoms with Gasteiger partial charge in [-0.1, -0.05) is 11.6 Å². The van der Waals surface area contributed by atoms with Crippen molar-refractivity contribution in [3.63, 3.8) is 0 Å². The van der Waals surface area contributed by atoms with Crippen molar-refractivity contribution in [1.82, 2.24) is 10.4 Å². The van der Waals surface area contributed by atoms with Gasteiger partial charge in [-0.25, -0.2) is 14.2 Å². The predicted molar refractivity (Wildman–Crippen MR) is 64.8 cm³/mol. The van der Waals surface area contributed by atoms with E-state index in [4.69, 9.17) is 17.4 Å². The molecule has 6 heteroatoms. The first kappa shape index (κ1) is 12.9. The molecule has 1 aromatic carbocycles. The van der Waals surface area contributed by atoms with Crippen LogP contribution in [0.15, 0.2) is 36.5 Å². The van der Waals surface area contributed by atoms with Gasteiger partial charge in [0, 0.05) is 11.8 Å². The molecule has 2 rings (SSSR count). The fraction of sp³-hybridized carbons (Fsp3) is 0.0833. The van der Waals surface area contributed by atoms with Gasteiger partial charge in [0.25, 0.3) is 0 Å². The molecule has 0 amide bonds. The van der Waals surface area contributed by atoms with E-state index < -0.39 is 17.7 Å². The summed E-state index contributed by atoms with van der Waals surface area (Å²) < 4.78 is 26.8. The number of benzene rings is 1. The van der Waals surface area contributed by atoms with Crippen molar-refractivity contribution in [3.8, 4) is 0 Å². The van der Waals surface area contributed by atoms with Crippen LogP contribution in [0.2, 0.25) is 5.02 Å². The summed E-state index contributed by atoms with van der Waals surface area (Å²) in [5.74, 6) is 4.28. The highest BCUT2D eigenvalue weighted by molar-refractivity contribution is 6.30. The first-order valence-corrected chi connectivity index (χ1v) is 5.52. The van der Waals surface area contributed by atoms with Crippen LogP contribution < -0.4 is 11.3 Å². The fourth-order valence-corrected chi connectivity index (χ4v) is 1.74. The lowest BCUT2D eigenvalue weighted by Gasteiger charge is -2.16. The van der Waals surface area contributed by atoms with Crippen molar-refractivity contribution >= 4 is 11.6 Å². The maximum Gasteiger partial charge on any atom is 0.128 e. The van der Waals surface area contributed by atoms with E-state index in [1.165, 1.54) is 6.20 Å². The molecule has 0 saturated carbocycles. The number of rotatable bonds is 3. The molecule has 0 fully saturated rings. The average molecular weight is 270 g/mol. The molecule has 3 N–H and O–H groups in total. The van der Waals surface area contributed by atoms with Gasteiger partial charge in [0.05, 0.1) is 16.8 Å². The van der Waals surface area contributed by atoms with Crippen LogP contribution >= 0.6 is 11.6 Å². The SMILES string of the molecule is NNC(c1ccc(Cl)cn1)c1cc(F)ccc1F. The number of pyridine rings is 1. The van der Waals surface area contributed by atoms with Crippen LogP contribution in [-0.2, 0) is 0 Å². The Labute approximate surface area is 108 Å². The van der Waals surface area contributed by atoms with Gasteiger partial charge < -0.3 is 0 Å². The second kappa shape index (κ2) is 5.39. The molecule has 1 aromatic heterocycles. The third-order valence-electron chi connectivity index (χ3n) is 2.48. The van der Waals surface area contributed by atoms with Crippen molar-refractivity contribution in [2.75, 3.05) is 0 Å². The maximum absolute atomic E-state index is 13.7. The Morgan fingerprint density at radius 1 is 1.22 bits per heavy atom. The van der Waals surface area contributed by atoms with E-state index in [0.29, 0.717) is 10.7 Å². The largest absolute Gasteiger partial charge is 0.271 e. The second-order valence-electron chi connectivity index (χ2n) is 3.67. The quantitative estimate of drug-likeness (QED) is 0.665. The Hall–Kier alpha value is -1.56. The summed E-state index contributed by atoms with van der Waals surface area (Å²) in [7, 11) is 0. The Balaban J connectivity index is 2.44. The molecule has 0 aliphatic rings. The molecule has 1 unspecified atom stereocenters. The first-order chi connectivity index (χ1) is 8.61. The Morgan fingerprint density at radius 2 is 2.00 bits per heavy atom. The molecule has 1 heterocycles. The van der Waals surface area contributed by atoms with Gasteiger partial charge in [0.2, 0.25) is 0 Å². The number of halogens is 3. The fourth-order valence-electron chi connectivity index (χ4n) is 1.63. The van der Waals surface area contributed by atoms with Gasteiger partial charge >= 0.3 is 0 Å². The molecule has 0 radical (unpaired) electrons. The average Bonchev–Trinajstić information content (AvgIpc) is 2.37. The molecule has 0 spiro atoms. The van der Waals surface area contributed by atoms with E-state index in [1.807, 2.05) is 0 Å². The van der Waals surface area contributed by atoms with Gasteiger partial charge in [-0.15, -0.1) is 0 Å². The predicted octanol–water partition coefficient (Wildman–Crippen LogP) is 2.57. The number of nitrogens with one attached hydrogen (secondary N) is 1. The minimum Gasteiger partial charge on any atom is -0.271 e. The van der Waals surface area contributed by atoms with Crippen LogP contribution in [0.4, 0.5) is 8.78 Å². The standard InChI is InChI=1S/C12H10ClF2N3/c13-7-1-4-11(17-6-7)12(18-16)9-5-8(14)2-3-10(9)15/h1-6,12,18H,16H2. The van der Waals surface area contributed by atoms with Crippen LogP contribution in [0, 0.1) is 11.6 Å². The summed E-state index contributed by atoms with van der Waals surface area (Å²) in [4.78, 5) is 4.03. The number of nitrogens with zero attached hydrogens (tertiary/aromatic N) is 1. The van der Waals surface area contributed by atoms with Gasteiger partial charge in [0.1, 0.15) is 11.6 Å². The Kier molecular flexibility index (Phi) is 3.86. The topological polar surface area (TPSA) is 50.9 Å². The first-order valence-electron chi connectivity index (χ1n) is 5.14. The van der Waals surface area contributed by atoms with Gasteiger partial charge in [-0.2, -0.15) is 0 Å². The summed E-state index contributed by atoms with van der Waals surface area (Å²) in [6.45, 7) is 0. The molecule has 0 aliphatic heterocycles. The molecule has 0 saturated heterocycles. The Morgan fingerprint density at radius 3 is 2.61 bits per heavy atom. The number of aromatic nitrogens is 1. The summed E-state index contributed by atoms with van der Waals surface area (Å²) in [5, 5.41) is 0.453. The van der Waals surface area contributed by atoms with Gasteiger partial charge in [-0.3, -0.25) is 10.8 Å². The monoisotopic (exact) mass is 269 g/mol. The molecule has 0 bridgehead atoms. The van der Waals surface area contributed by atoms with Gasteiger partial charge in [-0.05, 0) is 30.3 Å². The normalized spacial score (nSPS) is 12.4. The van der Waals surface area contributed by atoms with Crippen molar-refractivity contribution in [2.24, 2.45) is 5.84 Å². The third-order valence-corrected chi connectivity index (χ3v) is 2.71. The van der Waals surface area contributed by atoms with Crippen molar-refractivity contribution in [2.45, 2.75) is 6.04 Å². The zero-order chi connectivity index (χ0) is 13.1. The zero-order valence-corrected chi connectivity index (χ0v) is 9.96. The second-order valence-corrected chi connectivity index (χ2v) is 4.10. The lowest BCUT2D eigenvalue weighted by atomic mass is 10.0. The van der Waals surface area contributed by atoms with Crippen LogP contribution in [0.25, 0.3) is 0 Å². The highest BCUT2D eigenvalue weighted by Gasteiger charge is 2.18. The molecule has 94 valence electrons. The van der Waals surface area contributed by atoms with Crippen LogP contribution in [0.5, 0.6) is 0 Å². The zero-order valence-electron chi connectivity index (χ0n) is 9.20. The number of nitrogens with two attached hydrogens (primary N) is 1. The van der Waals surface area contributed by atoms with E-state index in [-0.39, 0.29) is 5.56 Å². The molecule has 2 aromatic rings. The smallest absolute Gasteiger partial charge is 0.128 e. The van der Waals surface area contributed by atoms with E-state index in [1.54, 1.807) is 12.1 Å². The highest BCUT2D eigenvalue weighted by Crippen LogP contribution is 2.23. The van der Waals surface area contributed by atoms with Crippen LogP contribution in [0.3, 0.4) is 0 Å². The molecule has 1 atom stereocenters. The molecular formula is C12H10ClF2N3. The summed E-state index contributed by atoms with van der Waals surface area (Å²) >= 11 is 5.71. The number of hydrazine groups is 1. The lowest BCUT2D eigenvalue weighted by molar-refractivity contribution is 0.540. The van der Waals surface area contributed by atoms with E-state index >= 15 is 0 Å². The summed E-state index contributed by atoms with van der Waals surface area (Å²) in [5.41, 5.74) is 2.95.